The van der Waals surface area contributed by atoms with Crippen molar-refractivity contribution in [1.82, 2.24) is 9.62 Å². The first kappa shape index (κ1) is 22.5. The highest BCUT2D eigenvalue weighted by atomic mass is 32.2. The number of methoxy groups -OCH3 is 1. The molecule has 1 amide bonds. The van der Waals surface area contributed by atoms with Gasteiger partial charge in [0.15, 0.2) is 0 Å². The molecular weight excluding hydrogens is 378 g/mol. The Morgan fingerprint density at radius 1 is 1.11 bits per heavy atom. The summed E-state index contributed by atoms with van der Waals surface area (Å²) in [5.41, 5.74) is 1.07. The van der Waals surface area contributed by atoms with E-state index in [-0.39, 0.29) is 17.6 Å². The lowest BCUT2D eigenvalue weighted by atomic mass is 10.0. The minimum absolute atomic E-state index is 0.0163. The number of sulfonamides is 1. The summed E-state index contributed by atoms with van der Waals surface area (Å²) in [6.45, 7) is 6.67. The van der Waals surface area contributed by atoms with Crippen LogP contribution in [-0.4, -0.2) is 64.2 Å². The quantitative estimate of drug-likeness (QED) is 0.597. The van der Waals surface area contributed by atoms with E-state index >= 15 is 0 Å². The molecule has 0 spiro atoms. The minimum atomic E-state index is -3.29. The lowest BCUT2D eigenvalue weighted by molar-refractivity contribution is -0.125. The van der Waals surface area contributed by atoms with Gasteiger partial charge in [0.2, 0.25) is 15.9 Å². The molecule has 1 aliphatic heterocycles. The molecule has 1 aromatic carbocycles. The number of piperazine rings is 1. The molecular formula is C20H33N3O4S. The van der Waals surface area contributed by atoms with Crippen LogP contribution in [0.5, 0.6) is 5.75 Å². The summed E-state index contributed by atoms with van der Waals surface area (Å²) in [5, 5.41) is 2.86. The predicted octanol–water partition coefficient (Wildman–Crippen LogP) is 2.09. The molecule has 0 atom stereocenters. The van der Waals surface area contributed by atoms with E-state index in [0.717, 1.165) is 24.3 Å². The van der Waals surface area contributed by atoms with Gasteiger partial charge in [-0.1, -0.05) is 13.8 Å². The van der Waals surface area contributed by atoms with Gasteiger partial charge in [0, 0.05) is 44.3 Å². The molecule has 2 rings (SSSR count). The van der Waals surface area contributed by atoms with Crippen molar-refractivity contribution in [3.63, 3.8) is 0 Å². The van der Waals surface area contributed by atoms with E-state index in [1.165, 1.54) is 0 Å². The van der Waals surface area contributed by atoms with Gasteiger partial charge < -0.3 is 15.0 Å². The molecule has 0 saturated carbocycles. The number of rotatable bonds is 10. The maximum atomic E-state index is 12.6. The molecule has 1 aromatic rings. The van der Waals surface area contributed by atoms with Gasteiger partial charge in [-0.2, -0.15) is 4.31 Å². The normalized spacial score (nSPS) is 15.6. The molecule has 1 N–H and O–H groups in total. The topological polar surface area (TPSA) is 79.0 Å². The third-order valence-electron chi connectivity index (χ3n) is 5.30. The first-order valence-corrected chi connectivity index (χ1v) is 11.7. The van der Waals surface area contributed by atoms with Crippen LogP contribution in [-0.2, 0) is 14.8 Å². The molecule has 0 aromatic heterocycles. The zero-order valence-electron chi connectivity index (χ0n) is 17.2. The summed E-state index contributed by atoms with van der Waals surface area (Å²) >= 11 is 0. The standard InChI is InChI=1S/C20H33N3O4S/c1-4-17(5-2)20(24)21-11-6-16-28(25,26)23-14-12-22(13-15-23)18-7-9-19(27-3)10-8-18/h7-10,17H,4-6,11-16H2,1-3H3,(H,21,24). The first-order chi connectivity index (χ1) is 13.4. The van der Waals surface area contributed by atoms with Crippen molar-refractivity contribution in [1.29, 1.82) is 0 Å². The van der Waals surface area contributed by atoms with Crippen molar-refractivity contribution in [2.45, 2.75) is 33.1 Å². The zero-order chi connectivity index (χ0) is 20.6. The largest absolute Gasteiger partial charge is 0.497 e. The molecule has 1 heterocycles. The van der Waals surface area contributed by atoms with Gasteiger partial charge in [-0.15, -0.1) is 0 Å². The summed E-state index contributed by atoms with van der Waals surface area (Å²) in [4.78, 5) is 14.1. The maximum absolute atomic E-state index is 12.6. The van der Waals surface area contributed by atoms with Crippen molar-refractivity contribution < 1.29 is 17.9 Å². The average Bonchev–Trinajstić information content (AvgIpc) is 2.72. The fourth-order valence-corrected chi connectivity index (χ4v) is 4.90. The van der Waals surface area contributed by atoms with Gasteiger partial charge in [0.1, 0.15) is 5.75 Å². The van der Waals surface area contributed by atoms with Gasteiger partial charge in [-0.25, -0.2) is 8.42 Å². The number of hydrogen-bond acceptors (Lipinski definition) is 5. The molecule has 0 bridgehead atoms. The molecule has 0 unspecified atom stereocenters. The summed E-state index contributed by atoms with van der Waals surface area (Å²) in [6, 6.07) is 7.81. The van der Waals surface area contributed by atoms with Crippen LogP contribution in [0.2, 0.25) is 0 Å². The smallest absolute Gasteiger partial charge is 0.223 e. The van der Waals surface area contributed by atoms with Crippen LogP contribution >= 0.6 is 0 Å². The van der Waals surface area contributed by atoms with E-state index in [0.29, 0.717) is 39.1 Å². The van der Waals surface area contributed by atoms with Crippen molar-refractivity contribution in [2.75, 3.05) is 50.5 Å². The third kappa shape index (κ3) is 6.10. The number of carbonyl (C=O) groups excluding carboxylic acids is 1. The molecule has 0 aliphatic carbocycles. The van der Waals surface area contributed by atoms with Crippen molar-refractivity contribution in [3.8, 4) is 5.75 Å². The molecule has 28 heavy (non-hydrogen) atoms. The van der Waals surface area contributed by atoms with E-state index in [4.69, 9.17) is 4.74 Å². The molecule has 0 radical (unpaired) electrons. The van der Waals surface area contributed by atoms with Crippen LogP contribution in [0.25, 0.3) is 0 Å². The second-order valence-corrected chi connectivity index (χ2v) is 9.15. The van der Waals surface area contributed by atoms with Crippen LogP contribution in [0.15, 0.2) is 24.3 Å². The molecule has 1 aliphatic rings. The highest BCUT2D eigenvalue weighted by Crippen LogP contribution is 2.21. The fourth-order valence-electron chi connectivity index (χ4n) is 3.42. The number of benzene rings is 1. The highest BCUT2D eigenvalue weighted by Gasteiger charge is 2.26. The average molecular weight is 412 g/mol. The lowest BCUT2D eigenvalue weighted by Gasteiger charge is -2.35. The second kappa shape index (κ2) is 10.7. The Morgan fingerprint density at radius 3 is 2.25 bits per heavy atom. The third-order valence-corrected chi connectivity index (χ3v) is 7.26. The Bertz CT molecular complexity index is 709. The van der Waals surface area contributed by atoms with Gasteiger partial charge in [-0.05, 0) is 43.5 Å². The summed E-state index contributed by atoms with van der Waals surface area (Å²) in [6.07, 6.45) is 2.05. The second-order valence-electron chi connectivity index (χ2n) is 7.06. The SMILES string of the molecule is CCC(CC)C(=O)NCCCS(=O)(=O)N1CCN(c2ccc(OC)cc2)CC1. The van der Waals surface area contributed by atoms with Crippen molar-refractivity contribution >= 4 is 21.6 Å². The molecule has 7 nitrogen and oxygen atoms in total. The Hall–Kier alpha value is -1.80. The summed E-state index contributed by atoms with van der Waals surface area (Å²) in [5.74, 6) is 0.915. The first-order valence-electron chi connectivity index (χ1n) is 10.1. The van der Waals surface area contributed by atoms with Gasteiger partial charge in [0.05, 0.1) is 12.9 Å². The molecule has 158 valence electrons. The van der Waals surface area contributed by atoms with E-state index in [1.807, 2.05) is 38.1 Å². The summed E-state index contributed by atoms with van der Waals surface area (Å²) in [7, 11) is -1.66. The number of hydrogen-bond donors (Lipinski definition) is 1. The summed E-state index contributed by atoms with van der Waals surface area (Å²) < 4.78 is 31.9. The zero-order valence-corrected chi connectivity index (χ0v) is 18.0. The molecule has 1 fully saturated rings. The number of ether oxygens (including phenoxy) is 1. The van der Waals surface area contributed by atoms with Crippen LogP contribution in [0.3, 0.4) is 0 Å². The monoisotopic (exact) mass is 411 g/mol. The Kier molecular flexibility index (Phi) is 8.57. The number of carbonyl (C=O) groups is 1. The fraction of sp³-hybridized carbons (Fsp3) is 0.650. The van der Waals surface area contributed by atoms with Gasteiger partial charge in [-0.3, -0.25) is 4.79 Å². The van der Waals surface area contributed by atoms with E-state index in [2.05, 4.69) is 10.2 Å². The lowest BCUT2D eigenvalue weighted by Crippen LogP contribution is -2.49. The van der Waals surface area contributed by atoms with E-state index in [1.54, 1.807) is 11.4 Å². The number of nitrogens with zero attached hydrogens (tertiary/aromatic N) is 2. The van der Waals surface area contributed by atoms with Crippen molar-refractivity contribution in [3.05, 3.63) is 24.3 Å². The van der Waals surface area contributed by atoms with Gasteiger partial charge in [0.25, 0.3) is 0 Å². The van der Waals surface area contributed by atoms with Crippen LogP contribution in [0, 0.1) is 5.92 Å². The van der Waals surface area contributed by atoms with Crippen molar-refractivity contribution in [2.24, 2.45) is 5.92 Å². The molecule has 1 saturated heterocycles. The minimum Gasteiger partial charge on any atom is -0.497 e. The van der Waals surface area contributed by atoms with Crippen LogP contribution < -0.4 is 15.0 Å². The number of anilines is 1. The maximum Gasteiger partial charge on any atom is 0.223 e. The predicted molar refractivity (Wildman–Crippen MR) is 112 cm³/mol. The van der Waals surface area contributed by atoms with E-state index in [9.17, 15) is 13.2 Å². The Labute approximate surface area is 169 Å². The highest BCUT2D eigenvalue weighted by molar-refractivity contribution is 7.89. The Morgan fingerprint density at radius 2 is 1.71 bits per heavy atom. The Balaban J connectivity index is 1.76. The number of nitrogens with one attached hydrogen (secondary N) is 1. The molecule has 8 heteroatoms. The van der Waals surface area contributed by atoms with Crippen LogP contribution in [0.4, 0.5) is 5.69 Å². The van der Waals surface area contributed by atoms with Gasteiger partial charge >= 0.3 is 0 Å². The van der Waals surface area contributed by atoms with Crippen LogP contribution in [0.1, 0.15) is 33.1 Å². The number of amides is 1. The van der Waals surface area contributed by atoms with E-state index < -0.39 is 10.0 Å².